The van der Waals surface area contributed by atoms with Crippen LogP contribution < -0.4 is 0 Å². The summed E-state index contributed by atoms with van der Waals surface area (Å²) >= 11 is 0. The van der Waals surface area contributed by atoms with Gasteiger partial charge in [0.05, 0.1) is 0 Å². The van der Waals surface area contributed by atoms with Crippen molar-refractivity contribution in [3.05, 3.63) is 0 Å². The summed E-state index contributed by atoms with van der Waals surface area (Å²) in [5, 5.41) is 0. The molecule has 0 fully saturated rings. The Hall–Kier alpha value is 2.31. The van der Waals surface area contributed by atoms with Crippen molar-refractivity contribution in [1.29, 1.82) is 0 Å². The molecule has 0 aromatic carbocycles. The molecule has 5 heteroatoms. The van der Waals surface area contributed by atoms with Crippen molar-refractivity contribution in [3.63, 3.8) is 0 Å². The van der Waals surface area contributed by atoms with Gasteiger partial charge in [-0.3, -0.25) is 0 Å². The Morgan fingerprint density at radius 1 is 0.600 bits per heavy atom. The molecule has 0 saturated heterocycles. The molecule has 0 aliphatic rings. The van der Waals surface area contributed by atoms with Gasteiger partial charge < -0.3 is 5.48 Å². The third-order valence-corrected chi connectivity index (χ3v) is 0. The van der Waals surface area contributed by atoms with Gasteiger partial charge in [0, 0.05) is 52.4 Å². The normalized spacial score (nSPS) is 0. The van der Waals surface area contributed by atoms with Crippen LogP contribution in [0.3, 0.4) is 0 Å². The van der Waals surface area contributed by atoms with Crippen LogP contribution in [0.25, 0.3) is 0 Å². The summed E-state index contributed by atoms with van der Waals surface area (Å²) < 4.78 is 0. The molecule has 0 heterocycles. The molecular formula is H4Cl2OZr2. The second-order valence-corrected chi connectivity index (χ2v) is 0. The van der Waals surface area contributed by atoms with Crippen molar-refractivity contribution in [3.8, 4) is 0 Å². The molecule has 0 aliphatic heterocycles. The van der Waals surface area contributed by atoms with E-state index in [-0.39, 0.29) is 82.7 Å². The molecule has 0 aromatic heterocycles. The summed E-state index contributed by atoms with van der Waals surface area (Å²) in [6.07, 6.45) is 0. The van der Waals surface area contributed by atoms with Gasteiger partial charge in [-0.1, -0.05) is 0 Å². The molecule has 5 heavy (non-hydrogen) atoms. The molecule has 0 aliphatic carbocycles. The molecule has 1 nitrogen and oxygen atoms in total. The van der Waals surface area contributed by atoms with Crippen LogP contribution in [0.15, 0.2) is 0 Å². The maximum Gasteiger partial charge on any atom is 0 e. The van der Waals surface area contributed by atoms with E-state index in [0.717, 1.165) is 0 Å². The van der Waals surface area contributed by atoms with E-state index in [0.29, 0.717) is 0 Å². The summed E-state index contributed by atoms with van der Waals surface area (Å²) in [4.78, 5) is 0. The molecule has 0 aromatic rings. The van der Waals surface area contributed by atoms with Crippen LogP contribution >= 0.6 is 24.8 Å². The van der Waals surface area contributed by atoms with Crippen LogP contribution in [0, 0.1) is 0 Å². The minimum absolute atomic E-state index is 0. The molecule has 0 radical (unpaired) electrons. The maximum atomic E-state index is 0. The zero-order chi connectivity index (χ0) is 0. The first-order valence-corrected chi connectivity index (χ1v) is 0. The minimum Gasteiger partial charge on any atom is -0.412 e. The second-order valence-electron chi connectivity index (χ2n) is 0. The van der Waals surface area contributed by atoms with E-state index in [1.807, 2.05) is 0 Å². The second kappa shape index (κ2) is 33.4. The fourth-order valence-corrected chi connectivity index (χ4v) is 0. The third-order valence-electron chi connectivity index (χ3n) is 0. The monoisotopic (exact) mass is 270 g/mol. The van der Waals surface area contributed by atoms with Crippen LogP contribution in [-0.2, 0) is 52.4 Å². The summed E-state index contributed by atoms with van der Waals surface area (Å²) in [6.45, 7) is 0. The first-order valence-electron chi connectivity index (χ1n) is 0. The average Bonchev–Trinajstić information content (AvgIpc) is 0. The van der Waals surface area contributed by atoms with Gasteiger partial charge in [-0.2, -0.15) is 0 Å². The third kappa shape index (κ3) is 22.0. The summed E-state index contributed by atoms with van der Waals surface area (Å²) in [5.74, 6) is 0. The molecular weight excluding hydrogens is 269 g/mol. The Labute approximate surface area is 81.7 Å². The van der Waals surface area contributed by atoms with Gasteiger partial charge in [-0.25, -0.2) is 0 Å². The zero-order valence-corrected chi connectivity index (χ0v) is 8.87. The smallest absolute Gasteiger partial charge is 0 e. The van der Waals surface area contributed by atoms with Crippen LogP contribution in [0.4, 0.5) is 0 Å². The maximum absolute atomic E-state index is 0. The van der Waals surface area contributed by atoms with Crippen LogP contribution in [0.5, 0.6) is 0 Å². The first-order chi connectivity index (χ1) is 0. The van der Waals surface area contributed by atoms with E-state index < -0.39 is 0 Å². The Morgan fingerprint density at radius 3 is 0.600 bits per heavy atom. The number of rotatable bonds is 0. The van der Waals surface area contributed by atoms with Gasteiger partial charge in [0.2, 0.25) is 0 Å². The summed E-state index contributed by atoms with van der Waals surface area (Å²) in [6, 6.07) is 0. The molecule has 0 rings (SSSR count). The van der Waals surface area contributed by atoms with Gasteiger partial charge in [-0.05, 0) is 0 Å². The summed E-state index contributed by atoms with van der Waals surface area (Å²) in [7, 11) is 0. The standard InChI is InChI=1S/2ClH.H2O.2Zr/h2*1H;1H2;;. The molecule has 0 atom stereocenters. The fraction of sp³-hybridized carbons (Fsp3) is 0. The van der Waals surface area contributed by atoms with Crippen LogP contribution in [0.1, 0.15) is 0 Å². The Morgan fingerprint density at radius 2 is 0.600 bits per heavy atom. The van der Waals surface area contributed by atoms with Crippen LogP contribution in [-0.4, -0.2) is 5.48 Å². The van der Waals surface area contributed by atoms with E-state index >= 15 is 0 Å². The molecule has 0 bridgehead atoms. The van der Waals surface area contributed by atoms with Crippen molar-refractivity contribution >= 4 is 24.8 Å². The van der Waals surface area contributed by atoms with E-state index in [4.69, 9.17) is 0 Å². The van der Waals surface area contributed by atoms with Gasteiger partial charge in [0.15, 0.2) is 0 Å². The topological polar surface area (TPSA) is 31.5 Å². The van der Waals surface area contributed by atoms with Crippen molar-refractivity contribution in [2.45, 2.75) is 0 Å². The van der Waals surface area contributed by atoms with Crippen LogP contribution in [0.2, 0.25) is 0 Å². The van der Waals surface area contributed by atoms with Crippen molar-refractivity contribution in [1.82, 2.24) is 0 Å². The largest absolute Gasteiger partial charge is 0.412 e. The van der Waals surface area contributed by atoms with E-state index in [1.54, 1.807) is 0 Å². The molecule has 0 amide bonds. The van der Waals surface area contributed by atoms with Crippen molar-refractivity contribution in [2.24, 2.45) is 0 Å². The fourth-order valence-electron chi connectivity index (χ4n) is 0. The minimum atomic E-state index is 0. The van der Waals surface area contributed by atoms with Gasteiger partial charge >= 0.3 is 0 Å². The predicted molar refractivity (Wildman–Crippen MR) is 18.1 cm³/mol. The Balaban J connectivity index is 0. The van der Waals surface area contributed by atoms with Gasteiger partial charge in [0.25, 0.3) is 0 Å². The van der Waals surface area contributed by atoms with Gasteiger partial charge in [-0.15, -0.1) is 24.8 Å². The zero-order valence-electron chi connectivity index (χ0n) is 2.32. The SMILES string of the molecule is Cl.Cl.O.[Zr].[Zr]. The molecule has 32 valence electrons. The quantitative estimate of drug-likeness (QED) is 0.596. The summed E-state index contributed by atoms with van der Waals surface area (Å²) in [5.41, 5.74) is 0. The molecule has 2 N–H and O–H groups in total. The first kappa shape index (κ1) is 54.6. The molecule has 0 saturated carbocycles. The Bertz CT molecular complexity index is 7.61. The van der Waals surface area contributed by atoms with Crippen molar-refractivity contribution in [2.75, 3.05) is 0 Å². The van der Waals surface area contributed by atoms with E-state index in [2.05, 4.69) is 0 Å². The average molecular weight is 273 g/mol. The molecule has 0 unspecified atom stereocenters. The number of hydrogen-bond acceptors (Lipinski definition) is 0. The van der Waals surface area contributed by atoms with E-state index in [1.165, 1.54) is 0 Å². The predicted octanol–water partition coefficient (Wildman–Crippen LogP) is 0.0139. The Kier molecular flexibility index (Phi) is 365. The molecule has 0 spiro atoms. The van der Waals surface area contributed by atoms with Gasteiger partial charge in [0.1, 0.15) is 0 Å². The van der Waals surface area contributed by atoms with Crippen molar-refractivity contribution < 1.29 is 57.9 Å². The number of hydrogen-bond donors (Lipinski definition) is 0. The number of halogens is 2. The van der Waals surface area contributed by atoms with E-state index in [9.17, 15) is 0 Å².